The summed E-state index contributed by atoms with van der Waals surface area (Å²) in [5.41, 5.74) is 5.41. The minimum Gasteiger partial charge on any atom is -0.356 e. The van der Waals surface area contributed by atoms with Crippen molar-refractivity contribution in [3.63, 3.8) is 0 Å². The van der Waals surface area contributed by atoms with Gasteiger partial charge in [-0.05, 0) is 25.8 Å². The number of hydrogen-bond acceptors (Lipinski definition) is 4. The molecule has 4 nitrogen and oxygen atoms in total. The number of hydrogen-bond donors (Lipinski definition) is 2. The summed E-state index contributed by atoms with van der Waals surface area (Å²) in [6.07, 6.45) is 3.50. The van der Waals surface area contributed by atoms with Gasteiger partial charge in [0, 0.05) is 43.5 Å². The van der Waals surface area contributed by atoms with Crippen LogP contribution in [0.25, 0.3) is 0 Å². The molecule has 0 spiro atoms. The SMILES string of the molecule is COC(OC)C(CC[SiH3])CCCNCCN. The maximum atomic E-state index is 5.41. The van der Waals surface area contributed by atoms with Crippen LogP contribution in [0.4, 0.5) is 0 Å². The third-order valence-electron chi connectivity index (χ3n) is 2.76. The van der Waals surface area contributed by atoms with Crippen molar-refractivity contribution in [2.24, 2.45) is 11.7 Å². The van der Waals surface area contributed by atoms with Crippen LogP contribution in [0, 0.1) is 5.92 Å². The number of nitrogens with one attached hydrogen (secondary N) is 1. The van der Waals surface area contributed by atoms with Crippen LogP contribution in [0.15, 0.2) is 0 Å². The Morgan fingerprint density at radius 2 is 1.88 bits per heavy atom. The number of nitrogens with two attached hydrogens (primary N) is 1. The molecule has 0 amide bonds. The van der Waals surface area contributed by atoms with Gasteiger partial charge in [-0.1, -0.05) is 6.04 Å². The van der Waals surface area contributed by atoms with Crippen molar-refractivity contribution in [1.29, 1.82) is 0 Å². The predicted octanol–water partition coefficient (Wildman–Crippen LogP) is -0.276. The lowest BCUT2D eigenvalue weighted by molar-refractivity contribution is -0.139. The van der Waals surface area contributed by atoms with E-state index in [2.05, 4.69) is 5.32 Å². The van der Waals surface area contributed by atoms with Crippen LogP contribution >= 0.6 is 0 Å². The van der Waals surface area contributed by atoms with E-state index in [1.807, 2.05) is 0 Å². The third-order valence-corrected chi connectivity index (χ3v) is 3.34. The molecule has 0 aromatic carbocycles. The zero-order valence-electron chi connectivity index (χ0n) is 11.0. The van der Waals surface area contributed by atoms with Crippen LogP contribution in [0.5, 0.6) is 0 Å². The third kappa shape index (κ3) is 7.35. The molecule has 0 radical (unpaired) electrons. The van der Waals surface area contributed by atoms with Crippen molar-refractivity contribution in [3.8, 4) is 0 Å². The average molecular weight is 248 g/mol. The molecule has 0 aromatic heterocycles. The Bertz CT molecular complexity index is 146. The summed E-state index contributed by atoms with van der Waals surface area (Å²) in [5.74, 6) is 0.534. The quantitative estimate of drug-likeness (QED) is 0.300. The summed E-state index contributed by atoms with van der Waals surface area (Å²) in [5, 5.41) is 3.31. The molecular formula is C11H28N2O2Si. The van der Waals surface area contributed by atoms with E-state index < -0.39 is 0 Å². The van der Waals surface area contributed by atoms with E-state index in [9.17, 15) is 0 Å². The van der Waals surface area contributed by atoms with Gasteiger partial charge in [-0.3, -0.25) is 0 Å². The zero-order chi connectivity index (χ0) is 12.2. The molecule has 0 saturated carbocycles. The van der Waals surface area contributed by atoms with Crippen LogP contribution in [0.2, 0.25) is 6.04 Å². The maximum absolute atomic E-state index is 5.41. The van der Waals surface area contributed by atoms with Crippen LogP contribution in [0.1, 0.15) is 19.3 Å². The first-order valence-electron chi connectivity index (χ1n) is 6.26. The number of rotatable bonds is 11. The van der Waals surface area contributed by atoms with Gasteiger partial charge in [0.2, 0.25) is 0 Å². The monoisotopic (exact) mass is 248 g/mol. The van der Waals surface area contributed by atoms with E-state index >= 15 is 0 Å². The second-order valence-corrected chi connectivity index (χ2v) is 5.07. The van der Waals surface area contributed by atoms with Gasteiger partial charge in [0.05, 0.1) is 0 Å². The second-order valence-electron chi connectivity index (χ2n) is 4.07. The van der Waals surface area contributed by atoms with Crippen molar-refractivity contribution in [2.45, 2.75) is 31.6 Å². The second kappa shape index (κ2) is 11.5. The highest BCUT2D eigenvalue weighted by Crippen LogP contribution is 2.20. The lowest BCUT2D eigenvalue weighted by Crippen LogP contribution is -2.27. The van der Waals surface area contributed by atoms with Crippen molar-refractivity contribution in [2.75, 3.05) is 33.9 Å². The lowest BCUT2D eigenvalue weighted by Gasteiger charge is -2.24. The van der Waals surface area contributed by atoms with Gasteiger partial charge in [-0.25, -0.2) is 0 Å². The van der Waals surface area contributed by atoms with E-state index in [-0.39, 0.29) is 6.29 Å². The molecule has 0 saturated heterocycles. The van der Waals surface area contributed by atoms with Gasteiger partial charge in [-0.2, -0.15) is 0 Å². The molecule has 0 aliphatic rings. The normalized spacial score (nSPS) is 13.5. The van der Waals surface area contributed by atoms with Crippen LogP contribution in [0.3, 0.4) is 0 Å². The summed E-state index contributed by atoms with van der Waals surface area (Å²) in [4.78, 5) is 0. The molecule has 0 bridgehead atoms. The largest absolute Gasteiger partial charge is 0.356 e. The highest BCUT2D eigenvalue weighted by molar-refractivity contribution is 6.08. The van der Waals surface area contributed by atoms with Gasteiger partial charge in [0.25, 0.3) is 0 Å². The molecular weight excluding hydrogens is 220 g/mol. The number of ether oxygens (including phenoxy) is 2. The first-order chi connectivity index (χ1) is 7.79. The minimum absolute atomic E-state index is 0.0385. The molecule has 3 N–H and O–H groups in total. The molecule has 98 valence electrons. The summed E-state index contributed by atoms with van der Waals surface area (Å²) in [6, 6.07) is 1.31. The summed E-state index contributed by atoms with van der Waals surface area (Å²) < 4.78 is 10.7. The predicted molar refractivity (Wildman–Crippen MR) is 71.8 cm³/mol. The lowest BCUT2D eigenvalue weighted by atomic mass is 9.99. The first kappa shape index (κ1) is 16.1. The van der Waals surface area contributed by atoms with E-state index in [1.165, 1.54) is 22.7 Å². The fourth-order valence-electron chi connectivity index (χ4n) is 1.98. The Hall–Kier alpha value is 0.0569. The van der Waals surface area contributed by atoms with Crippen molar-refractivity contribution >= 4 is 10.2 Å². The van der Waals surface area contributed by atoms with Gasteiger partial charge in [-0.15, -0.1) is 0 Å². The molecule has 0 rings (SSSR count). The molecule has 0 heterocycles. The Morgan fingerprint density at radius 1 is 1.19 bits per heavy atom. The molecule has 1 atom stereocenters. The molecule has 0 aliphatic heterocycles. The maximum Gasteiger partial charge on any atom is 0.159 e. The standard InChI is InChI=1S/C11H28N2O2Si/c1-14-11(15-2)10(5-9-16)4-3-7-13-8-6-12/h10-11,13H,3-9,12H2,1-2,16H3. The Labute approximate surface area is 103 Å². The van der Waals surface area contributed by atoms with Crippen LogP contribution in [-0.4, -0.2) is 50.4 Å². The van der Waals surface area contributed by atoms with E-state index in [1.54, 1.807) is 14.2 Å². The van der Waals surface area contributed by atoms with Crippen molar-refractivity contribution in [1.82, 2.24) is 5.32 Å². The summed E-state index contributed by atoms with van der Waals surface area (Å²) in [7, 11) is 4.70. The Morgan fingerprint density at radius 3 is 2.38 bits per heavy atom. The number of methoxy groups -OCH3 is 2. The zero-order valence-corrected chi connectivity index (χ0v) is 13.0. The smallest absolute Gasteiger partial charge is 0.159 e. The van der Waals surface area contributed by atoms with Gasteiger partial charge in [0.1, 0.15) is 0 Å². The van der Waals surface area contributed by atoms with Gasteiger partial charge < -0.3 is 20.5 Å². The fourth-order valence-corrected chi connectivity index (χ4v) is 2.73. The molecule has 1 unspecified atom stereocenters. The topological polar surface area (TPSA) is 56.5 Å². The minimum atomic E-state index is -0.0385. The highest BCUT2D eigenvalue weighted by Gasteiger charge is 2.19. The molecule has 0 aromatic rings. The molecule has 16 heavy (non-hydrogen) atoms. The molecule has 5 heteroatoms. The van der Waals surface area contributed by atoms with Crippen LogP contribution in [-0.2, 0) is 9.47 Å². The highest BCUT2D eigenvalue weighted by atomic mass is 28.1. The van der Waals surface area contributed by atoms with Crippen molar-refractivity contribution in [3.05, 3.63) is 0 Å². The van der Waals surface area contributed by atoms with Crippen LogP contribution < -0.4 is 11.1 Å². The van der Waals surface area contributed by atoms with E-state index in [0.717, 1.165) is 25.9 Å². The summed E-state index contributed by atoms with van der Waals surface area (Å²) >= 11 is 0. The van der Waals surface area contributed by atoms with E-state index in [4.69, 9.17) is 15.2 Å². The van der Waals surface area contributed by atoms with Gasteiger partial charge in [0.15, 0.2) is 6.29 Å². The van der Waals surface area contributed by atoms with Crippen molar-refractivity contribution < 1.29 is 9.47 Å². The Kier molecular flexibility index (Phi) is 11.6. The van der Waals surface area contributed by atoms with Gasteiger partial charge >= 0.3 is 0 Å². The van der Waals surface area contributed by atoms with E-state index in [0.29, 0.717) is 12.5 Å². The first-order valence-corrected chi connectivity index (χ1v) is 7.67. The Balaban J connectivity index is 3.74. The fraction of sp³-hybridized carbons (Fsp3) is 1.00. The summed E-state index contributed by atoms with van der Waals surface area (Å²) in [6.45, 7) is 2.65. The average Bonchev–Trinajstić information content (AvgIpc) is 2.30. The molecule has 0 fully saturated rings. The molecule has 0 aliphatic carbocycles.